The second-order valence-electron chi connectivity index (χ2n) is 8.74. The maximum Gasteiger partial charge on any atom is 0.254 e. The average Bonchev–Trinajstić information content (AvgIpc) is 3.28. The van der Waals surface area contributed by atoms with Crippen molar-refractivity contribution in [1.29, 1.82) is 0 Å². The summed E-state index contributed by atoms with van der Waals surface area (Å²) < 4.78 is 0. The van der Waals surface area contributed by atoms with Crippen molar-refractivity contribution in [3.05, 3.63) is 81.3 Å². The van der Waals surface area contributed by atoms with Gasteiger partial charge in [0.15, 0.2) is 5.13 Å². The van der Waals surface area contributed by atoms with Gasteiger partial charge in [-0.3, -0.25) is 14.4 Å². The minimum Gasteiger partial charge on any atom is -0.338 e. The molecule has 0 unspecified atom stereocenters. The first-order valence-electron chi connectivity index (χ1n) is 11.5. The third-order valence-corrected chi connectivity index (χ3v) is 6.96. The van der Waals surface area contributed by atoms with Crippen LogP contribution in [0.5, 0.6) is 0 Å². The van der Waals surface area contributed by atoms with Gasteiger partial charge >= 0.3 is 0 Å². The summed E-state index contributed by atoms with van der Waals surface area (Å²) in [5.74, 6) is -0.580. The molecule has 4 rings (SSSR count). The van der Waals surface area contributed by atoms with Crippen LogP contribution in [0, 0.1) is 0 Å². The fraction of sp³-hybridized carbons (Fsp3) is 0.308. The fourth-order valence-corrected chi connectivity index (χ4v) is 4.83. The quantitative estimate of drug-likeness (QED) is 0.510. The fourth-order valence-electron chi connectivity index (χ4n) is 3.98. The normalized spacial score (nSPS) is 12.9. The molecule has 0 aliphatic carbocycles. The molecule has 0 saturated heterocycles. The second kappa shape index (κ2) is 11.0. The molecule has 3 amide bonds. The van der Waals surface area contributed by atoms with Gasteiger partial charge in [-0.1, -0.05) is 35.9 Å². The van der Waals surface area contributed by atoms with Crippen molar-refractivity contribution in [2.24, 2.45) is 0 Å². The topological polar surface area (TPSA) is 82.6 Å². The molecule has 1 aromatic heterocycles. The molecule has 1 aliphatic rings. The number of carbonyl (C=O) groups excluding carboxylic acids is 3. The second-order valence-corrected chi connectivity index (χ2v) is 10.0. The maximum atomic E-state index is 12.9. The molecular formula is C26H27ClN4O3S. The van der Waals surface area contributed by atoms with E-state index >= 15 is 0 Å². The molecule has 0 fully saturated rings. The molecule has 7 nitrogen and oxygen atoms in total. The van der Waals surface area contributed by atoms with Gasteiger partial charge in [0.05, 0.1) is 12.1 Å². The van der Waals surface area contributed by atoms with Crippen LogP contribution >= 0.6 is 22.9 Å². The number of rotatable bonds is 7. The number of amides is 3. The summed E-state index contributed by atoms with van der Waals surface area (Å²) in [6, 6.07) is 14.6. The summed E-state index contributed by atoms with van der Waals surface area (Å²) in [4.78, 5) is 46.1. The molecule has 2 heterocycles. The number of nitrogens with zero attached hydrogens (tertiary/aromatic N) is 3. The van der Waals surface area contributed by atoms with E-state index in [2.05, 4.69) is 22.4 Å². The zero-order valence-corrected chi connectivity index (χ0v) is 21.2. The number of halogens is 1. The number of benzene rings is 2. The van der Waals surface area contributed by atoms with Crippen molar-refractivity contribution in [3.8, 4) is 0 Å². The van der Waals surface area contributed by atoms with Crippen LogP contribution in [0.2, 0.25) is 5.02 Å². The summed E-state index contributed by atoms with van der Waals surface area (Å²) in [6.07, 6.45) is 1.03. The van der Waals surface area contributed by atoms with E-state index in [4.69, 9.17) is 11.6 Å². The number of hydrogen-bond acceptors (Lipinski definition) is 5. The van der Waals surface area contributed by atoms with Crippen LogP contribution in [0.3, 0.4) is 0 Å². The Morgan fingerprint density at radius 3 is 2.54 bits per heavy atom. The summed E-state index contributed by atoms with van der Waals surface area (Å²) in [6.45, 7) is 4.90. The van der Waals surface area contributed by atoms with Gasteiger partial charge in [-0.15, -0.1) is 11.3 Å². The van der Waals surface area contributed by atoms with E-state index in [1.54, 1.807) is 29.6 Å². The summed E-state index contributed by atoms with van der Waals surface area (Å²) in [7, 11) is 0. The average molecular weight is 511 g/mol. The Hall–Kier alpha value is -3.23. The van der Waals surface area contributed by atoms with Crippen molar-refractivity contribution in [3.63, 3.8) is 0 Å². The lowest BCUT2D eigenvalue weighted by Gasteiger charge is -2.28. The smallest absolute Gasteiger partial charge is 0.254 e. The Labute approximate surface area is 213 Å². The first-order chi connectivity index (χ1) is 16.8. The zero-order chi connectivity index (χ0) is 24.9. The molecule has 3 aromatic rings. The lowest BCUT2D eigenvalue weighted by atomic mass is 10.00. The van der Waals surface area contributed by atoms with Gasteiger partial charge in [0.1, 0.15) is 6.54 Å². The van der Waals surface area contributed by atoms with E-state index < -0.39 is 0 Å². The van der Waals surface area contributed by atoms with Gasteiger partial charge in [-0.05, 0) is 55.7 Å². The van der Waals surface area contributed by atoms with E-state index in [1.165, 1.54) is 27.4 Å². The Morgan fingerprint density at radius 2 is 1.83 bits per heavy atom. The van der Waals surface area contributed by atoms with Gasteiger partial charge in [0, 0.05) is 35.1 Å². The number of fused-ring (bicyclic) bond motifs is 1. The highest BCUT2D eigenvalue weighted by atomic mass is 35.5. The molecule has 182 valence electrons. The molecule has 1 aliphatic heterocycles. The van der Waals surface area contributed by atoms with E-state index in [0.717, 1.165) is 6.42 Å². The molecule has 0 atom stereocenters. The van der Waals surface area contributed by atoms with Crippen LogP contribution in [-0.4, -0.2) is 51.6 Å². The summed E-state index contributed by atoms with van der Waals surface area (Å²) in [5.41, 5.74) is 3.56. The molecule has 9 heteroatoms. The Morgan fingerprint density at radius 1 is 1.11 bits per heavy atom. The SMILES string of the molecule is CC(C)N(CC(=O)Nc1nc(CC(=O)N2CCc3ccccc3C2)cs1)C(=O)c1ccc(Cl)cc1. The lowest BCUT2D eigenvalue weighted by molar-refractivity contribution is -0.131. The minimum absolute atomic E-state index is 0.0159. The highest BCUT2D eigenvalue weighted by Crippen LogP contribution is 2.21. The van der Waals surface area contributed by atoms with Crippen molar-refractivity contribution < 1.29 is 14.4 Å². The standard InChI is InChI=1S/C26H27ClN4O3S/c1-17(2)31(25(34)19-7-9-21(27)10-8-19)15-23(32)29-26-28-22(16-35-26)13-24(33)30-12-11-18-5-3-4-6-20(18)14-30/h3-10,16-17H,11-15H2,1-2H3,(H,28,29,32). The third kappa shape index (κ3) is 6.26. The Bertz CT molecular complexity index is 1230. The van der Waals surface area contributed by atoms with Crippen molar-refractivity contribution in [1.82, 2.24) is 14.8 Å². The predicted octanol–water partition coefficient (Wildman–Crippen LogP) is 4.41. The lowest BCUT2D eigenvalue weighted by Crippen LogP contribution is -2.42. The van der Waals surface area contributed by atoms with E-state index in [9.17, 15) is 14.4 Å². The maximum absolute atomic E-state index is 12.9. The van der Waals surface area contributed by atoms with Gasteiger partial charge < -0.3 is 15.1 Å². The van der Waals surface area contributed by atoms with Crippen LogP contribution < -0.4 is 5.32 Å². The van der Waals surface area contributed by atoms with Crippen molar-refractivity contribution in [2.75, 3.05) is 18.4 Å². The number of anilines is 1. The molecule has 0 saturated carbocycles. The van der Waals surface area contributed by atoms with Gasteiger partial charge in [0.2, 0.25) is 11.8 Å². The molecular weight excluding hydrogens is 484 g/mol. The van der Waals surface area contributed by atoms with Crippen LogP contribution in [0.15, 0.2) is 53.9 Å². The largest absolute Gasteiger partial charge is 0.338 e. The van der Waals surface area contributed by atoms with Crippen LogP contribution in [-0.2, 0) is 29.0 Å². The van der Waals surface area contributed by atoms with E-state index in [-0.39, 0.29) is 36.7 Å². The number of nitrogens with one attached hydrogen (secondary N) is 1. The van der Waals surface area contributed by atoms with Crippen molar-refractivity contribution in [2.45, 2.75) is 39.3 Å². The molecule has 0 bridgehead atoms. The van der Waals surface area contributed by atoms with Crippen LogP contribution in [0.1, 0.15) is 41.0 Å². The molecule has 0 spiro atoms. The minimum atomic E-state index is -0.346. The molecule has 1 N–H and O–H groups in total. The van der Waals surface area contributed by atoms with Crippen LogP contribution in [0.4, 0.5) is 5.13 Å². The monoisotopic (exact) mass is 510 g/mol. The van der Waals surface area contributed by atoms with E-state index in [0.29, 0.717) is 34.5 Å². The first-order valence-corrected chi connectivity index (χ1v) is 12.7. The number of hydrogen-bond donors (Lipinski definition) is 1. The number of thiazole rings is 1. The molecule has 0 radical (unpaired) electrons. The zero-order valence-electron chi connectivity index (χ0n) is 19.7. The highest BCUT2D eigenvalue weighted by Gasteiger charge is 2.23. The van der Waals surface area contributed by atoms with Gasteiger partial charge in [-0.25, -0.2) is 4.98 Å². The van der Waals surface area contributed by atoms with E-state index in [1.807, 2.05) is 30.9 Å². The number of aromatic nitrogens is 1. The summed E-state index contributed by atoms with van der Waals surface area (Å²) >= 11 is 7.18. The van der Waals surface area contributed by atoms with Gasteiger partial charge in [-0.2, -0.15) is 0 Å². The molecule has 35 heavy (non-hydrogen) atoms. The van der Waals surface area contributed by atoms with Crippen LogP contribution in [0.25, 0.3) is 0 Å². The van der Waals surface area contributed by atoms with Crippen molar-refractivity contribution >= 4 is 45.8 Å². The highest BCUT2D eigenvalue weighted by molar-refractivity contribution is 7.13. The van der Waals surface area contributed by atoms with Gasteiger partial charge in [0.25, 0.3) is 5.91 Å². The Kier molecular flexibility index (Phi) is 7.83. The summed E-state index contributed by atoms with van der Waals surface area (Å²) in [5, 5.41) is 5.49. The third-order valence-electron chi connectivity index (χ3n) is 5.90. The molecule has 2 aromatic carbocycles. The first kappa shape index (κ1) is 24.9. The number of carbonyl (C=O) groups is 3. The predicted molar refractivity (Wildman–Crippen MR) is 138 cm³/mol. The Balaban J connectivity index is 1.33.